The predicted molar refractivity (Wildman–Crippen MR) is 72.1 cm³/mol. The average molecular weight is 220 g/mol. The van der Waals surface area contributed by atoms with Crippen LogP contribution < -0.4 is 10.2 Å². The van der Waals surface area contributed by atoms with Crippen LogP contribution in [0.3, 0.4) is 0 Å². The van der Waals surface area contributed by atoms with E-state index in [4.69, 9.17) is 0 Å². The molecular formula is C14H24N2. The second-order valence-corrected chi connectivity index (χ2v) is 4.21. The first kappa shape index (κ1) is 13.0. The van der Waals surface area contributed by atoms with E-state index in [1.807, 2.05) is 0 Å². The van der Waals surface area contributed by atoms with Gasteiger partial charge in [0.15, 0.2) is 0 Å². The molecule has 0 aliphatic carbocycles. The van der Waals surface area contributed by atoms with Crippen molar-refractivity contribution in [3.8, 4) is 0 Å². The minimum absolute atomic E-state index is 1.06. The van der Waals surface area contributed by atoms with E-state index < -0.39 is 0 Å². The molecule has 0 aromatic heterocycles. The fourth-order valence-electron chi connectivity index (χ4n) is 1.68. The largest absolute Gasteiger partial charge is 0.373 e. The Balaban J connectivity index is 2.09. The Morgan fingerprint density at radius 1 is 1.06 bits per heavy atom. The molecule has 1 aromatic carbocycles. The molecule has 0 atom stereocenters. The van der Waals surface area contributed by atoms with Gasteiger partial charge in [-0.3, -0.25) is 0 Å². The second-order valence-electron chi connectivity index (χ2n) is 4.21. The van der Waals surface area contributed by atoms with E-state index in [0.717, 1.165) is 19.6 Å². The molecule has 1 N–H and O–H groups in total. The number of benzene rings is 1. The summed E-state index contributed by atoms with van der Waals surface area (Å²) in [5.41, 5.74) is 1.29. The highest BCUT2D eigenvalue weighted by Crippen LogP contribution is 2.09. The Labute approximate surface area is 99.7 Å². The number of para-hydroxylation sites is 1. The molecule has 0 bridgehead atoms. The molecule has 0 aliphatic rings. The van der Waals surface area contributed by atoms with Gasteiger partial charge in [0.2, 0.25) is 0 Å². The average Bonchev–Trinajstić information content (AvgIpc) is 2.34. The van der Waals surface area contributed by atoms with Gasteiger partial charge in [-0.25, -0.2) is 0 Å². The summed E-state index contributed by atoms with van der Waals surface area (Å²) < 4.78 is 0. The maximum atomic E-state index is 3.48. The lowest BCUT2D eigenvalue weighted by Crippen LogP contribution is -2.29. The first-order valence-corrected chi connectivity index (χ1v) is 6.31. The van der Waals surface area contributed by atoms with E-state index >= 15 is 0 Å². The monoisotopic (exact) mass is 220 g/mol. The maximum Gasteiger partial charge on any atom is 0.0364 e. The number of anilines is 1. The molecule has 0 radical (unpaired) electrons. The summed E-state index contributed by atoms with van der Waals surface area (Å²) in [6, 6.07) is 10.5. The smallest absolute Gasteiger partial charge is 0.0364 e. The molecule has 2 nitrogen and oxygen atoms in total. The number of rotatable bonds is 8. The molecule has 0 saturated carbocycles. The van der Waals surface area contributed by atoms with Crippen LogP contribution in [-0.4, -0.2) is 26.7 Å². The van der Waals surface area contributed by atoms with Gasteiger partial charge >= 0.3 is 0 Å². The lowest BCUT2D eigenvalue weighted by molar-refractivity contribution is 0.615. The van der Waals surface area contributed by atoms with Gasteiger partial charge in [-0.05, 0) is 25.1 Å². The molecule has 0 spiro atoms. The van der Waals surface area contributed by atoms with Crippen LogP contribution in [0.5, 0.6) is 0 Å². The zero-order valence-electron chi connectivity index (χ0n) is 10.6. The highest BCUT2D eigenvalue weighted by molar-refractivity contribution is 5.44. The lowest BCUT2D eigenvalue weighted by atomic mass is 10.2. The zero-order chi connectivity index (χ0) is 11.6. The van der Waals surface area contributed by atoms with Crippen molar-refractivity contribution in [2.75, 3.05) is 31.6 Å². The molecule has 0 heterocycles. The van der Waals surface area contributed by atoms with Crippen LogP contribution in [0.15, 0.2) is 30.3 Å². The van der Waals surface area contributed by atoms with Gasteiger partial charge in [-0.1, -0.05) is 38.0 Å². The van der Waals surface area contributed by atoms with Gasteiger partial charge in [0.1, 0.15) is 0 Å². The molecule has 0 unspecified atom stereocenters. The first-order chi connectivity index (χ1) is 7.84. The highest BCUT2D eigenvalue weighted by Gasteiger charge is 1.97. The van der Waals surface area contributed by atoms with Crippen LogP contribution in [-0.2, 0) is 0 Å². The van der Waals surface area contributed by atoms with Crippen LogP contribution in [0.2, 0.25) is 0 Å². The standard InChI is InChI=1S/C14H24N2/c1-3-4-8-11-15-12-13-16(2)14-9-6-5-7-10-14/h5-7,9-10,15H,3-4,8,11-13H2,1-2H3. The van der Waals surface area contributed by atoms with Gasteiger partial charge in [0.25, 0.3) is 0 Å². The normalized spacial score (nSPS) is 10.4. The number of nitrogens with zero attached hydrogens (tertiary/aromatic N) is 1. The molecule has 0 fully saturated rings. The summed E-state index contributed by atoms with van der Waals surface area (Å²) in [6.07, 6.45) is 3.93. The third-order valence-corrected chi connectivity index (χ3v) is 2.78. The van der Waals surface area contributed by atoms with E-state index in [0.29, 0.717) is 0 Å². The van der Waals surface area contributed by atoms with Gasteiger partial charge in [-0.15, -0.1) is 0 Å². The van der Waals surface area contributed by atoms with Crippen LogP contribution in [0, 0.1) is 0 Å². The van der Waals surface area contributed by atoms with E-state index in [2.05, 4.69) is 54.5 Å². The van der Waals surface area contributed by atoms with Crippen molar-refractivity contribution >= 4 is 5.69 Å². The molecule has 0 saturated heterocycles. The summed E-state index contributed by atoms with van der Waals surface area (Å²) in [7, 11) is 2.14. The quantitative estimate of drug-likeness (QED) is 0.678. The Morgan fingerprint density at radius 3 is 2.50 bits per heavy atom. The number of nitrogens with one attached hydrogen (secondary N) is 1. The van der Waals surface area contributed by atoms with Gasteiger partial charge in [-0.2, -0.15) is 0 Å². The molecule has 0 amide bonds. The Kier molecular flexibility index (Phi) is 6.66. The lowest BCUT2D eigenvalue weighted by Gasteiger charge is -2.19. The molecule has 16 heavy (non-hydrogen) atoms. The summed E-state index contributed by atoms with van der Waals surface area (Å²) >= 11 is 0. The van der Waals surface area contributed by atoms with Crippen molar-refractivity contribution in [1.29, 1.82) is 0 Å². The summed E-state index contributed by atoms with van der Waals surface area (Å²) in [5, 5.41) is 3.48. The second kappa shape index (κ2) is 8.17. The molecule has 2 heteroatoms. The van der Waals surface area contributed by atoms with Crippen molar-refractivity contribution in [3.05, 3.63) is 30.3 Å². The third kappa shape index (κ3) is 5.17. The Morgan fingerprint density at radius 2 is 1.81 bits per heavy atom. The van der Waals surface area contributed by atoms with E-state index in [-0.39, 0.29) is 0 Å². The number of unbranched alkanes of at least 4 members (excludes halogenated alkanes) is 2. The van der Waals surface area contributed by atoms with Crippen LogP contribution >= 0.6 is 0 Å². The molecule has 0 aliphatic heterocycles. The van der Waals surface area contributed by atoms with Crippen LogP contribution in [0.25, 0.3) is 0 Å². The van der Waals surface area contributed by atoms with Gasteiger partial charge in [0.05, 0.1) is 0 Å². The summed E-state index contributed by atoms with van der Waals surface area (Å²) in [5.74, 6) is 0. The van der Waals surface area contributed by atoms with Crippen LogP contribution in [0.4, 0.5) is 5.69 Å². The molecule has 90 valence electrons. The van der Waals surface area contributed by atoms with Gasteiger partial charge in [0, 0.05) is 25.8 Å². The van der Waals surface area contributed by atoms with Crippen molar-refractivity contribution in [2.45, 2.75) is 26.2 Å². The Bertz CT molecular complexity index is 259. The van der Waals surface area contributed by atoms with E-state index in [9.17, 15) is 0 Å². The SMILES string of the molecule is CCCCCNCCN(C)c1ccccc1. The topological polar surface area (TPSA) is 15.3 Å². The summed E-state index contributed by atoms with van der Waals surface area (Å²) in [4.78, 5) is 2.28. The molecular weight excluding hydrogens is 196 g/mol. The van der Waals surface area contributed by atoms with E-state index in [1.165, 1.54) is 24.9 Å². The maximum absolute atomic E-state index is 3.48. The van der Waals surface area contributed by atoms with Crippen LogP contribution in [0.1, 0.15) is 26.2 Å². The first-order valence-electron chi connectivity index (χ1n) is 6.31. The molecule has 1 aromatic rings. The number of likely N-dealkylation sites (N-methyl/N-ethyl adjacent to an activating group) is 1. The number of hydrogen-bond donors (Lipinski definition) is 1. The minimum atomic E-state index is 1.06. The minimum Gasteiger partial charge on any atom is -0.373 e. The summed E-state index contributed by atoms with van der Waals surface area (Å²) in [6.45, 7) is 5.52. The molecule has 1 rings (SSSR count). The van der Waals surface area contributed by atoms with Crippen molar-refractivity contribution in [2.24, 2.45) is 0 Å². The van der Waals surface area contributed by atoms with Crippen molar-refractivity contribution in [3.63, 3.8) is 0 Å². The van der Waals surface area contributed by atoms with Crippen molar-refractivity contribution in [1.82, 2.24) is 5.32 Å². The fraction of sp³-hybridized carbons (Fsp3) is 0.571. The van der Waals surface area contributed by atoms with Gasteiger partial charge < -0.3 is 10.2 Å². The number of hydrogen-bond acceptors (Lipinski definition) is 2. The van der Waals surface area contributed by atoms with Crippen molar-refractivity contribution < 1.29 is 0 Å². The third-order valence-electron chi connectivity index (χ3n) is 2.78. The fourth-order valence-corrected chi connectivity index (χ4v) is 1.68. The Hall–Kier alpha value is -1.02. The predicted octanol–water partition coefficient (Wildman–Crippen LogP) is 2.90. The zero-order valence-corrected chi connectivity index (χ0v) is 10.6. The van der Waals surface area contributed by atoms with E-state index in [1.54, 1.807) is 0 Å². The highest BCUT2D eigenvalue weighted by atomic mass is 15.1.